The normalized spacial score (nSPS) is 21.0. The number of amides is 1. The average molecular weight is 323 g/mol. The highest BCUT2D eigenvalue weighted by molar-refractivity contribution is 5.79. The standard InChI is InChI=1S/C20H25N3O/c1-15-13-21-20(17-8-5-9-17)23(15)18-10-11-22(14-18)19(24)12-16-6-3-2-4-7-16/h2-4,6-7,13,17-18H,5,8-12,14H2,1H3. The van der Waals surface area contributed by atoms with Crippen molar-refractivity contribution in [1.29, 1.82) is 0 Å². The van der Waals surface area contributed by atoms with Gasteiger partial charge in [-0.25, -0.2) is 4.98 Å². The van der Waals surface area contributed by atoms with Crippen LogP contribution in [0.4, 0.5) is 0 Å². The fourth-order valence-corrected chi connectivity index (χ4v) is 3.97. The molecular weight excluding hydrogens is 298 g/mol. The summed E-state index contributed by atoms with van der Waals surface area (Å²) in [6.07, 6.45) is 7.40. The highest BCUT2D eigenvalue weighted by Gasteiger charge is 2.32. The molecule has 1 unspecified atom stereocenters. The van der Waals surface area contributed by atoms with Crippen LogP contribution in [0.15, 0.2) is 36.5 Å². The van der Waals surface area contributed by atoms with Crippen molar-refractivity contribution in [2.24, 2.45) is 0 Å². The first kappa shape index (κ1) is 15.4. The summed E-state index contributed by atoms with van der Waals surface area (Å²) in [5.74, 6) is 2.13. The van der Waals surface area contributed by atoms with E-state index in [1.165, 1.54) is 30.8 Å². The van der Waals surface area contributed by atoms with Crippen molar-refractivity contribution in [2.45, 2.75) is 51.0 Å². The quantitative estimate of drug-likeness (QED) is 0.864. The van der Waals surface area contributed by atoms with Gasteiger partial charge in [0, 0.05) is 30.9 Å². The number of likely N-dealkylation sites (tertiary alicyclic amines) is 1. The number of nitrogens with zero attached hydrogens (tertiary/aromatic N) is 3. The number of rotatable bonds is 4. The van der Waals surface area contributed by atoms with E-state index in [4.69, 9.17) is 0 Å². The molecule has 1 saturated carbocycles. The van der Waals surface area contributed by atoms with E-state index in [2.05, 4.69) is 16.5 Å². The van der Waals surface area contributed by atoms with Gasteiger partial charge in [0.05, 0.1) is 12.5 Å². The van der Waals surface area contributed by atoms with E-state index in [9.17, 15) is 4.79 Å². The smallest absolute Gasteiger partial charge is 0.227 e. The fraction of sp³-hybridized carbons (Fsp3) is 0.500. The van der Waals surface area contributed by atoms with Gasteiger partial charge in [-0.3, -0.25) is 4.79 Å². The Kier molecular flexibility index (Phi) is 4.13. The number of aromatic nitrogens is 2. The Morgan fingerprint density at radius 1 is 1.21 bits per heavy atom. The zero-order valence-electron chi connectivity index (χ0n) is 14.3. The van der Waals surface area contributed by atoms with Gasteiger partial charge in [-0.2, -0.15) is 0 Å². The van der Waals surface area contributed by atoms with Crippen LogP contribution in [0.1, 0.15) is 54.7 Å². The zero-order valence-corrected chi connectivity index (χ0v) is 14.3. The molecule has 4 rings (SSSR count). The van der Waals surface area contributed by atoms with E-state index in [-0.39, 0.29) is 5.91 Å². The van der Waals surface area contributed by atoms with Crippen molar-refractivity contribution in [1.82, 2.24) is 14.5 Å². The highest BCUT2D eigenvalue weighted by atomic mass is 16.2. The molecule has 2 aliphatic rings. The number of hydrogen-bond donors (Lipinski definition) is 0. The maximum Gasteiger partial charge on any atom is 0.227 e. The van der Waals surface area contributed by atoms with Gasteiger partial charge >= 0.3 is 0 Å². The molecule has 0 bridgehead atoms. The zero-order chi connectivity index (χ0) is 16.5. The second kappa shape index (κ2) is 6.42. The van der Waals surface area contributed by atoms with Crippen LogP contribution in [0.3, 0.4) is 0 Å². The van der Waals surface area contributed by atoms with Crippen molar-refractivity contribution >= 4 is 5.91 Å². The van der Waals surface area contributed by atoms with E-state index >= 15 is 0 Å². The van der Waals surface area contributed by atoms with Crippen LogP contribution in [0.5, 0.6) is 0 Å². The van der Waals surface area contributed by atoms with Crippen LogP contribution >= 0.6 is 0 Å². The third-order valence-electron chi connectivity index (χ3n) is 5.56. The topological polar surface area (TPSA) is 38.1 Å². The monoisotopic (exact) mass is 323 g/mol. The molecule has 1 aromatic carbocycles. The van der Waals surface area contributed by atoms with Gasteiger partial charge in [-0.15, -0.1) is 0 Å². The molecule has 4 nitrogen and oxygen atoms in total. The first-order chi connectivity index (χ1) is 11.7. The third-order valence-corrected chi connectivity index (χ3v) is 5.56. The minimum atomic E-state index is 0.242. The summed E-state index contributed by atoms with van der Waals surface area (Å²) in [7, 11) is 0. The van der Waals surface area contributed by atoms with Crippen molar-refractivity contribution < 1.29 is 4.79 Å². The molecule has 1 amide bonds. The van der Waals surface area contributed by atoms with Gasteiger partial charge < -0.3 is 9.47 Å². The van der Waals surface area contributed by atoms with Gasteiger partial charge in [0.1, 0.15) is 5.82 Å². The molecule has 1 aliphatic heterocycles. The predicted octanol–water partition coefficient (Wildman–Crippen LogP) is 3.48. The Hall–Kier alpha value is -2.10. The Morgan fingerprint density at radius 2 is 2.00 bits per heavy atom. The van der Waals surface area contributed by atoms with Crippen LogP contribution in [-0.2, 0) is 11.2 Å². The molecule has 126 valence electrons. The Morgan fingerprint density at radius 3 is 2.71 bits per heavy atom. The molecule has 24 heavy (non-hydrogen) atoms. The minimum Gasteiger partial charge on any atom is -0.340 e. The summed E-state index contributed by atoms with van der Waals surface area (Å²) in [4.78, 5) is 19.3. The fourth-order valence-electron chi connectivity index (χ4n) is 3.97. The lowest BCUT2D eigenvalue weighted by molar-refractivity contribution is -0.129. The predicted molar refractivity (Wildman–Crippen MR) is 93.9 cm³/mol. The lowest BCUT2D eigenvalue weighted by Crippen LogP contribution is -2.31. The maximum atomic E-state index is 12.6. The lowest BCUT2D eigenvalue weighted by Gasteiger charge is -2.28. The second-order valence-electron chi connectivity index (χ2n) is 7.20. The molecule has 2 aromatic rings. The first-order valence-corrected chi connectivity index (χ1v) is 9.08. The van der Waals surface area contributed by atoms with Crippen LogP contribution < -0.4 is 0 Å². The summed E-state index contributed by atoms with van der Waals surface area (Å²) in [5, 5.41) is 0. The van der Waals surface area contributed by atoms with E-state index in [1.54, 1.807) is 0 Å². The summed E-state index contributed by atoms with van der Waals surface area (Å²) in [6.45, 7) is 3.82. The third kappa shape index (κ3) is 2.85. The van der Waals surface area contributed by atoms with Crippen molar-refractivity contribution in [3.8, 4) is 0 Å². The number of imidazole rings is 1. The van der Waals surface area contributed by atoms with Gasteiger partial charge in [0.25, 0.3) is 0 Å². The van der Waals surface area contributed by atoms with Crippen LogP contribution in [0, 0.1) is 6.92 Å². The van der Waals surface area contributed by atoms with Gasteiger partial charge in [0.15, 0.2) is 0 Å². The van der Waals surface area contributed by atoms with E-state index in [1.807, 2.05) is 41.4 Å². The molecule has 0 spiro atoms. The number of carbonyl (C=O) groups is 1. The van der Waals surface area contributed by atoms with E-state index < -0.39 is 0 Å². The molecule has 4 heteroatoms. The Bertz CT molecular complexity index is 718. The highest BCUT2D eigenvalue weighted by Crippen LogP contribution is 2.38. The summed E-state index contributed by atoms with van der Waals surface area (Å²) >= 11 is 0. The minimum absolute atomic E-state index is 0.242. The van der Waals surface area contributed by atoms with E-state index in [0.717, 1.165) is 25.1 Å². The summed E-state index contributed by atoms with van der Waals surface area (Å²) < 4.78 is 2.42. The molecular formula is C20H25N3O. The van der Waals surface area contributed by atoms with Crippen LogP contribution in [0.25, 0.3) is 0 Å². The molecule has 1 saturated heterocycles. The van der Waals surface area contributed by atoms with Gasteiger partial charge in [0.2, 0.25) is 5.91 Å². The van der Waals surface area contributed by atoms with E-state index in [0.29, 0.717) is 18.4 Å². The van der Waals surface area contributed by atoms with Crippen molar-refractivity contribution in [3.05, 3.63) is 53.6 Å². The second-order valence-corrected chi connectivity index (χ2v) is 7.20. The summed E-state index contributed by atoms with van der Waals surface area (Å²) in [6, 6.07) is 10.4. The van der Waals surface area contributed by atoms with Gasteiger partial charge in [-0.1, -0.05) is 36.8 Å². The van der Waals surface area contributed by atoms with Crippen molar-refractivity contribution in [2.75, 3.05) is 13.1 Å². The maximum absolute atomic E-state index is 12.6. The summed E-state index contributed by atoms with van der Waals surface area (Å²) in [5.41, 5.74) is 2.33. The number of hydrogen-bond acceptors (Lipinski definition) is 2. The Balaban J connectivity index is 1.45. The van der Waals surface area contributed by atoms with Crippen LogP contribution in [0.2, 0.25) is 0 Å². The molecule has 0 N–H and O–H groups in total. The number of benzene rings is 1. The van der Waals surface area contributed by atoms with Gasteiger partial charge in [-0.05, 0) is 31.7 Å². The number of carbonyl (C=O) groups excluding carboxylic acids is 1. The average Bonchev–Trinajstić information content (AvgIpc) is 3.14. The van der Waals surface area contributed by atoms with Crippen LogP contribution in [-0.4, -0.2) is 33.4 Å². The molecule has 1 aromatic heterocycles. The van der Waals surface area contributed by atoms with Crippen molar-refractivity contribution in [3.63, 3.8) is 0 Å². The molecule has 1 aliphatic carbocycles. The molecule has 2 fully saturated rings. The number of aryl methyl sites for hydroxylation is 1. The largest absolute Gasteiger partial charge is 0.340 e. The lowest BCUT2D eigenvalue weighted by atomic mass is 9.84. The SMILES string of the molecule is Cc1cnc(C2CCC2)n1C1CCN(C(=O)Cc2ccccc2)C1. The molecule has 0 radical (unpaired) electrons. The molecule has 2 heterocycles. The Labute approximate surface area is 143 Å². The first-order valence-electron chi connectivity index (χ1n) is 9.08. The molecule has 1 atom stereocenters.